The normalized spacial score (nSPS) is 12.6. The lowest BCUT2D eigenvalue weighted by atomic mass is 10.0. The molecule has 2 rings (SSSR count). The van der Waals surface area contributed by atoms with Gasteiger partial charge in [-0.2, -0.15) is 0 Å². The fourth-order valence-corrected chi connectivity index (χ4v) is 2.27. The highest BCUT2D eigenvalue weighted by molar-refractivity contribution is 5.63. The van der Waals surface area contributed by atoms with Crippen molar-refractivity contribution in [1.29, 1.82) is 0 Å². The number of likely N-dealkylation sites (N-methyl/N-ethyl adjacent to an activating group) is 1. The minimum absolute atomic E-state index is 0.475. The Bertz CT molecular complexity index is 525. The molecule has 0 aromatic heterocycles. The van der Waals surface area contributed by atoms with Crippen molar-refractivity contribution in [3.63, 3.8) is 0 Å². The molecule has 0 aliphatic heterocycles. The summed E-state index contributed by atoms with van der Waals surface area (Å²) in [4.78, 5) is 2.07. The van der Waals surface area contributed by atoms with E-state index in [9.17, 15) is 5.11 Å². The van der Waals surface area contributed by atoms with Crippen LogP contribution >= 0.6 is 0 Å². The van der Waals surface area contributed by atoms with Crippen molar-refractivity contribution >= 4 is 0 Å². The molecular weight excluding hydrogens is 262 g/mol. The van der Waals surface area contributed by atoms with Gasteiger partial charge in [0.2, 0.25) is 0 Å². The van der Waals surface area contributed by atoms with Crippen molar-refractivity contribution in [2.75, 3.05) is 33.9 Å². The lowest BCUT2D eigenvalue weighted by molar-refractivity contribution is 0.103. The molecule has 0 bridgehead atoms. The Morgan fingerprint density at radius 1 is 1.00 bits per heavy atom. The van der Waals surface area contributed by atoms with Crippen LogP contribution in [-0.4, -0.2) is 43.9 Å². The number of aliphatic hydroxyl groups excluding tert-OH is 1. The standard InChI is InChI=1S/C18H23NO2/c1-19(12-13-21-2)14-18(20)17-10-8-16(9-11-17)15-6-4-3-5-7-15/h3-11,18,20H,12-14H2,1-2H3. The monoisotopic (exact) mass is 285 g/mol. The first kappa shape index (κ1) is 15.7. The molecule has 0 radical (unpaired) electrons. The van der Waals surface area contributed by atoms with Crippen LogP contribution in [0.3, 0.4) is 0 Å². The van der Waals surface area contributed by atoms with E-state index in [0.717, 1.165) is 12.1 Å². The van der Waals surface area contributed by atoms with Crippen molar-refractivity contribution in [1.82, 2.24) is 4.90 Å². The molecule has 0 aliphatic rings. The van der Waals surface area contributed by atoms with Crippen molar-refractivity contribution in [3.8, 4) is 11.1 Å². The highest BCUT2D eigenvalue weighted by Gasteiger charge is 2.10. The molecule has 112 valence electrons. The summed E-state index contributed by atoms with van der Waals surface area (Å²) < 4.78 is 5.04. The van der Waals surface area contributed by atoms with Gasteiger partial charge < -0.3 is 14.7 Å². The van der Waals surface area contributed by atoms with E-state index in [0.29, 0.717) is 13.2 Å². The topological polar surface area (TPSA) is 32.7 Å². The van der Waals surface area contributed by atoms with Crippen LogP contribution in [0.4, 0.5) is 0 Å². The second kappa shape index (κ2) is 7.93. The minimum atomic E-state index is -0.475. The van der Waals surface area contributed by atoms with Crippen LogP contribution in [0.15, 0.2) is 54.6 Å². The molecule has 0 fully saturated rings. The van der Waals surface area contributed by atoms with Crippen LogP contribution in [0.1, 0.15) is 11.7 Å². The second-order valence-electron chi connectivity index (χ2n) is 5.26. The quantitative estimate of drug-likeness (QED) is 0.849. The van der Waals surface area contributed by atoms with Crippen LogP contribution < -0.4 is 0 Å². The van der Waals surface area contributed by atoms with E-state index in [1.165, 1.54) is 11.1 Å². The van der Waals surface area contributed by atoms with Crippen molar-refractivity contribution in [2.45, 2.75) is 6.10 Å². The summed E-state index contributed by atoms with van der Waals surface area (Å²) in [5.41, 5.74) is 3.30. The zero-order chi connectivity index (χ0) is 15.1. The Labute approximate surface area is 126 Å². The summed E-state index contributed by atoms with van der Waals surface area (Å²) in [6, 6.07) is 18.4. The number of rotatable bonds is 7. The van der Waals surface area contributed by atoms with E-state index in [-0.39, 0.29) is 0 Å². The van der Waals surface area contributed by atoms with Gasteiger partial charge in [0.1, 0.15) is 0 Å². The number of hydrogen-bond donors (Lipinski definition) is 1. The van der Waals surface area contributed by atoms with Gasteiger partial charge in [0.25, 0.3) is 0 Å². The Morgan fingerprint density at radius 2 is 1.62 bits per heavy atom. The first-order valence-corrected chi connectivity index (χ1v) is 7.21. The zero-order valence-electron chi connectivity index (χ0n) is 12.7. The highest BCUT2D eigenvalue weighted by Crippen LogP contribution is 2.22. The van der Waals surface area contributed by atoms with Gasteiger partial charge in [0.15, 0.2) is 0 Å². The number of ether oxygens (including phenoxy) is 1. The molecule has 0 heterocycles. The molecule has 2 aromatic carbocycles. The number of hydrogen-bond acceptors (Lipinski definition) is 3. The van der Waals surface area contributed by atoms with Gasteiger partial charge in [-0.25, -0.2) is 0 Å². The average molecular weight is 285 g/mol. The lowest BCUT2D eigenvalue weighted by Gasteiger charge is -2.20. The SMILES string of the molecule is COCCN(C)CC(O)c1ccc(-c2ccccc2)cc1. The molecule has 1 atom stereocenters. The Hall–Kier alpha value is -1.68. The lowest BCUT2D eigenvalue weighted by Crippen LogP contribution is -2.27. The van der Waals surface area contributed by atoms with Gasteiger partial charge in [0, 0.05) is 20.2 Å². The van der Waals surface area contributed by atoms with Crippen LogP contribution in [0.25, 0.3) is 11.1 Å². The third-order valence-electron chi connectivity index (χ3n) is 3.56. The Balaban J connectivity index is 1.98. The van der Waals surface area contributed by atoms with E-state index in [1.54, 1.807) is 7.11 Å². The third kappa shape index (κ3) is 4.67. The van der Waals surface area contributed by atoms with Gasteiger partial charge in [-0.15, -0.1) is 0 Å². The van der Waals surface area contributed by atoms with Crippen molar-refractivity contribution in [2.24, 2.45) is 0 Å². The fraction of sp³-hybridized carbons (Fsp3) is 0.333. The first-order valence-electron chi connectivity index (χ1n) is 7.21. The predicted molar refractivity (Wildman–Crippen MR) is 86.2 cm³/mol. The summed E-state index contributed by atoms with van der Waals surface area (Å²) in [7, 11) is 3.67. The van der Waals surface area contributed by atoms with E-state index in [2.05, 4.69) is 29.2 Å². The molecule has 2 aromatic rings. The molecule has 0 saturated heterocycles. The number of methoxy groups -OCH3 is 1. The maximum Gasteiger partial charge on any atom is 0.0916 e. The van der Waals surface area contributed by atoms with Crippen molar-refractivity contribution in [3.05, 3.63) is 60.2 Å². The molecular formula is C18H23NO2. The predicted octanol–water partition coefficient (Wildman–Crippen LogP) is 2.97. The summed E-state index contributed by atoms with van der Waals surface area (Å²) >= 11 is 0. The summed E-state index contributed by atoms with van der Waals surface area (Å²) in [5.74, 6) is 0. The largest absolute Gasteiger partial charge is 0.387 e. The molecule has 1 unspecified atom stereocenters. The number of nitrogens with zero attached hydrogens (tertiary/aromatic N) is 1. The van der Waals surface area contributed by atoms with Gasteiger partial charge in [-0.1, -0.05) is 54.6 Å². The first-order chi connectivity index (χ1) is 10.2. The fourth-order valence-electron chi connectivity index (χ4n) is 2.27. The third-order valence-corrected chi connectivity index (χ3v) is 3.56. The second-order valence-corrected chi connectivity index (χ2v) is 5.26. The number of benzene rings is 2. The Kier molecular flexibility index (Phi) is 5.93. The van der Waals surface area contributed by atoms with Gasteiger partial charge in [0.05, 0.1) is 12.7 Å². The highest BCUT2D eigenvalue weighted by atomic mass is 16.5. The van der Waals surface area contributed by atoms with E-state index in [1.807, 2.05) is 37.4 Å². The maximum absolute atomic E-state index is 10.3. The van der Waals surface area contributed by atoms with Gasteiger partial charge >= 0.3 is 0 Å². The van der Waals surface area contributed by atoms with E-state index >= 15 is 0 Å². The summed E-state index contributed by atoms with van der Waals surface area (Å²) in [5, 5.41) is 10.3. The molecule has 21 heavy (non-hydrogen) atoms. The van der Waals surface area contributed by atoms with E-state index < -0.39 is 6.10 Å². The van der Waals surface area contributed by atoms with Crippen molar-refractivity contribution < 1.29 is 9.84 Å². The molecule has 1 N–H and O–H groups in total. The van der Waals surface area contributed by atoms with Crippen LogP contribution in [-0.2, 0) is 4.74 Å². The van der Waals surface area contributed by atoms with E-state index in [4.69, 9.17) is 4.74 Å². The molecule has 0 spiro atoms. The molecule has 0 saturated carbocycles. The van der Waals surface area contributed by atoms with Gasteiger partial charge in [-0.05, 0) is 23.7 Å². The molecule has 3 heteroatoms. The molecule has 0 aliphatic carbocycles. The summed E-state index contributed by atoms with van der Waals surface area (Å²) in [6.45, 7) is 2.10. The average Bonchev–Trinajstić information content (AvgIpc) is 2.54. The molecule has 0 amide bonds. The minimum Gasteiger partial charge on any atom is -0.387 e. The van der Waals surface area contributed by atoms with Crippen LogP contribution in [0.2, 0.25) is 0 Å². The Morgan fingerprint density at radius 3 is 2.24 bits per heavy atom. The zero-order valence-corrected chi connectivity index (χ0v) is 12.7. The number of aliphatic hydroxyl groups is 1. The molecule has 3 nitrogen and oxygen atoms in total. The smallest absolute Gasteiger partial charge is 0.0916 e. The maximum atomic E-state index is 10.3. The van der Waals surface area contributed by atoms with Gasteiger partial charge in [-0.3, -0.25) is 0 Å². The van der Waals surface area contributed by atoms with Crippen LogP contribution in [0, 0.1) is 0 Å². The van der Waals surface area contributed by atoms with Crippen LogP contribution in [0.5, 0.6) is 0 Å². The summed E-state index contributed by atoms with van der Waals surface area (Å²) in [6.07, 6.45) is -0.475.